The van der Waals surface area contributed by atoms with Gasteiger partial charge >= 0.3 is 0 Å². The predicted octanol–water partition coefficient (Wildman–Crippen LogP) is 2.52. The van der Waals surface area contributed by atoms with Gasteiger partial charge in [0, 0.05) is 55.4 Å². The number of nitrogens with zero attached hydrogens (tertiary/aromatic N) is 5. The van der Waals surface area contributed by atoms with Gasteiger partial charge in [0.15, 0.2) is 5.65 Å². The number of aromatic nitrogens is 3. The molecule has 0 bridgehead atoms. The van der Waals surface area contributed by atoms with Crippen molar-refractivity contribution in [3.05, 3.63) is 53.0 Å². The highest BCUT2D eigenvalue weighted by atomic mass is 16.5. The van der Waals surface area contributed by atoms with Crippen molar-refractivity contribution >= 4 is 28.8 Å². The van der Waals surface area contributed by atoms with Gasteiger partial charge in [-0.15, -0.1) is 0 Å². The summed E-state index contributed by atoms with van der Waals surface area (Å²) in [6.45, 7) is 9.07. The molecular formula is C25H32N6O3. The van der Waals surface area contributed by atoms with Gasteiger partial charge in [-0.25, -0.2) is 9.50 Å². The maximum Gasteiger partial charge on any atom is 0.243 e. The minimum Gasteiger partial charge on any atom is -0.378 e. The SMILES string of the molecule is Cc1cc2nc(C)c(CCC(=O)N(C)CC(=O)Nc3ccc(N4CCOCC4)cc3)c(C)n2n1. The van der Waals surface area contributed by atoms with Crippen LogP contribution in [0.3, 0.4) is 0 Å². The Morgan fingerprint density at radius 1 is 1.12 bits per heavy atom. The van der Waals surface area contributed by atoms with Crippen LogP contribution in [0.4, 0.5) is 11.4 Å². The third-order valence-electron chi connectivity index (χ3n) is 6.21. The number of hydrogen-bond donors (Lipinski definition) is 1. The Hall–Kier alpha value is -3.46. The molecule has 1 N–H and O–H groups in total. The van der Waals surface area contributed by atoms with Crippen molar-refractivity contribution in [3.8, 4) is 0 Å². The Labute approximate surface area is 199 Å². The molecule has 0 saturated carbocycles. The highest BCUT2D eigenvalue weighted by Crippen LogP contribution is 2.20. The maximum absolute atomic E-state index is 12.7. The van der Waals surface area contributed by atoms with Crippen LogP contribution in [0.2, 0.25) is 0 Å². The van der Waals surface area contributed by atoms with Crippen molar-refractivity contribution in [1.29, 1.82) is 0 Å². The molecule has 9 heteroatoms. The Kier molecular flexibility index (Phi) is 7.12. The largest absolute Gasteiger partial charge is 0.378 e. The molecule has 0 spiro atoms. The zero-order valence-electron chi connectivity index (χ0n) is 20.3. The standard InChI is InChI=1S/C25H32N6O3/c1-17-15-23-26-18(2)22(19(3)31(23)28-17)9-10-25(33)29(4)16-24(32)27-20-5-7-21(8-6-20)30-11-13-34-14-12-30/h5-8,15H,9-14,16H2,1-4H3,(H,27,32). The number of morpholine rings is 1. The molecule has 1 fully saturated rings. The van der Waals surface area contributed by atoms with Crippen LogP contribution in [0.15, 0.2) is 30.3 Å². The summed E-state index contributed by atoms with van der Waals surface area (Å²) in [4.78, 5) is 33.5. The lowest BCUT2D eigenvalue weighted by Crippen LogP contribution is -2.36. The molecule has 1 aliphatic rings. The molecule has 0 atom stereocenters. The van der Waals surface area contributed by atoms with Gasteiger partial charge in [-0.1, -0.05) is 0 Å². The summed E-state index contributed by atoms with van der Waals surface area (Å²) in [5, 5.41) is 7.36. The van der Waals surface area contributed by atoms with Crippen LogP contribution in [0.25, 0.3) is 5.65 Å². The van der Waals surface area contributed by atoms with Crippen molar-refractivity contribution < 1.29 is 14.3 Å². The van der Waals surface area contributed by atoms with E-state index in [9.17, 15) is 9.59 Å². The van der Waals surface area contributed by atoms with Crippen LogP contribution >= 0.6 is 0 Å². The first-order valence-corrected chi connectivity index (χ1v) is 11.6. The highest BCUT2D eigenvalue weighted by Gasteiger charge is 2.17. The van der Waals surface area contributed by atoms with Gasteiger partial charge in [0.05, 0.1) is 25.5 Å². The number of carbonyl (C=O) groups is 2. The van der Waals surface area contributed by atoms with Gasteiger partial charge in [-0.3, -0.25) is 9.59 Å². The van der Waals surface area contributed by atoms with Crippen molar-refractivity contribution in [1.82, 2.24) is 19.5 Å². The maximum atomic E-state index is 12.7. The van der Waals surface area contributed by atoms with Gasteiger partial charge in [-0.2, -0.15) is 5.10 Å². The number of aryl methyl sites for hydroxylation is 3. The van der Waals surface area contributed by atoms with E-state index in [-0.39, 0.29) is 18.4 Å². The highest BCUT2D eigenvalue weighted by molar-refractivity contribution is 5.94. The van der Waals surface area contributed by atoms with E-state index in [1.54, 1.807) is 7.05 Å². The summed E-state index contributed by atoms with van der Waals surface area (Å²) in [6.07, 6.45) is 0.848. The number of nitrogens with one attached hydrogen (secondary N) is 1. The Balaban J connectivity index is 1.29. The summed E-state index contributed by atoms with van der Waals surface area (Å²) in [6, 6.07) is 9.70. The van der Waals surface area contributed by atoms with Crippen LogP contribution in [0.5, 0.6) is 0 Å². The van der Waals surface area contributed by atoms with Crippen LogP contribution in [-0.2, 0) is 20.7 Å². The van der Waals surface area contributed by atoms with E-state index in [2.05, 4.69) is 20.3 Å². The first-order valence-electron chi connectivity index (χ1n) is 11.6. The third kappa shape index (κ3) is 5.36. The molecule has 3 aromatic rings. The van der Waals surface area contributed by atoms with Crippen LogP contribution in [0, 0.1) is 20.8 Å². The molecule has 1 aliphatic heterocycles. The molecule has 0 radical (unpaired) electrons. The van der Waals surface area contributed by atoms with E-state index in [0.717, 1.165) is 60.3 Å². The number of fused-ring (bicyclic) bond motifs is 1. The summed E-state index contributed by atoms with van der Waals surface area (Å²) < 4.78 is 7.21. The Morgan fingerprint density at radius 3 is 2.53 bits per heavy atom. The first-order chi connectivity index (χ1) is 16.3. The normalized spacial score (nSPS) is 13.8. The quantitative estimate of drug-likeness (QED) is 0.578. The lowest BCUT2D eigenvalue weighted by Gasteiger charge is -2.28. The average Bonchev–Trinajstić information content (AvgIpc) is 3.20. The monoisotopic (exact) mass is 464 g/mol. The minimum atomic E-state index is -0.225. The first kappa shape index (κ1) is 23.7. The number of carbonyl (C=O) groups excluding carboxylic acids is 2. The molecule has 0 aliphatic carbocycles. The summed E-state index contributed by atoms with van der Waals surface area (Å²) in [5.41, 5.74) is 6.45. The van der Waals surface area contributed by atoms with E-state index in [0.29, 0.717) is 18.5 Å². The topological polar surface area (TPSA) is 92.1 Å². The molecule has 0 unspecified atom stereocenters. The fourth-order valence-electron chi connectivity index (χ4n) is 4.31. The van der Waals surface area contributed by atoms with Crippen molar-refractivity contribution in [2.45, 2.75) is 33.6 Å². The molecule has 34 heavy (non-hydrogen) atoms. The van der Waals surface area contributed by atoms with E-state index in [1.165, 1.54) is 4.90 Å². The zero-order valence-corrected chi connectivity index (χ0v) is 20.3. The van der Waals surface area contributed by atoms with E-state index >= 15 is 0 Å². The predicted molar refractivity (Wildman–Crippen MR) is 131 cm³/mol. The number of benzene rings is 1. The van der Waals surface area contributed by atoms with E-state index in [4.69, 9.17) is 4.74 Å². The number of hydrogen-bond acceptors (Lipinski definition) is 6. The number of rotatable bonds is 7. The van der Waals surface area contributed by atoms with Gasteiger partial charge in [0.25, 0.3) is 0 Å². The summed E-state index contributed by atoms with van der Waals surface area (Å²) in [7, 11) is 1.65. The van der Waals surface area contributed by atoms with E-state index < -0.39 is 0 Å². The fourth-order valence-corrected chi connectivity index (χ4v) is 4.31. The number of amides is 2. The molecule has 1 aromatic carbocycles. The molecule has 3 heterocycles. The van der Waals surface area contributed by atoms with Gasteiger partial charge in [0.1, 0.15) is 0 Å². The number of likely N-dealkylation sites (N-methyl/N-ethyl adjacent to an activating group) is 1. The lowest BCUT2D eigenvalue weighted by molar-refractivity contribution is -0.133. The number of ether oxygens (including phenoxy) is 1. The van der Waals surface area contributed by atoms with Crippen LogP contribution in [0.1, 0.15) is 29.1 Å². The summed E-state index contributed by atoms with van der Waals surface area (Å²) in [5.74, 6) is -0.314. The Morgan fingerprint density at radius 2 is 1.82 bits per heavy atom. The second kappa shape index (κ2) is 10.2. The van der Waals surface area contributed by atoms with Crippen LogP contribution < -0.4 is 10.2 Å². The van der Waals surface area contributed by atoms with Gasteiger partial charge in [0.2, 0.25) is 11.8 Å². The van der Waals surface area contributed by atoms with Crippen molar-refractivity contribution in [3.63, 3.8) is 0 Å². The second-order valence-electron chi connectivity index (χ2n) is 8.76. The van der Waals surface area contributed by atoms with E-state index in [1.807, 2.05) is 55.6 Å². The van der Waals surface area contributed by atoms with Crippen molar-refractivity contribution in [2.24, 2.45) is 0 Å². The fraction of sp³-hybridized carbons (Fsp3) is 0.440. The molecule has 2 aromatic heterocycles. The summed E-state index contributed by atoms with van der Waals surface area (Å²) >= 11 is 0. The Bertz CT molecular complexity index is 1180. The molecule has 1 saturated heterocycles. The molecular weight excluding hydrogens is 432 g/mol. The van der Waals surface area contributed by atoms with Gasteiger partial charge in [-0.05, 0) is 57.0 Å². The molecule has 2 amide bonds. The minimum absolute atomic E-state index is 0.00233. The smallest absolute Gasteiger partial charge is 0.243 e. The molecule has 9 nitrogen and oxygen atoms in total. The van der Waals surface area contributed by atoms with Gasteiger partial charge < -0.3 is 19.9 Å². The third-order valence-corrected chi connectivity index (χ3v) is 6.21. The lowest BCUT2D eigenvalue weighted by atomic mass is 10.1. The number of anilines is 2. The average molecular weight is 465 g/mol. The van der Waals surface area contributed by atoms with Crippen LogP contribution in [-0.4, -0.2) is 71.2 Å². The second-order valence-corrected chi connectivity index (χ2v) is 8.76. The zero-order chi connectivity index (χ0) is 24.2. The molecule has 4 rings (SSSR count). The molecule has 180 valence electrons. The van der Waals surface area contributed by atoms with Crippen molar-refractivity contribution in [2.75, 3.05) is 50.1 Å².